The molecule has 1 aliphatic rings. The predicted octanol–water partition coefficient (Wildman–Crippen LogP) is 2.51. The van der Waals surface area contributed by atoms with Crippen LogP contribution < -0.4 is 5.32 Å². The Kier molecular flexibility index (Phi) is 2.68. The zero-order valence-corrected chi connectivity index (χ0v) is 7.97. The van der Waals surface area contributed by atoms with Gasteiger partial charge < -0.3 is 9.84 Å². The zero-order valence-electron chi connectivity index (χ0n) is 7.97. The van der Waals surface area contributed by atoms with Gasteiger partial charge in [0.15, 0.2) is 11.5 Å². The van der Waals surface area contributed by atoms with Gasteiger partial charge in [-0.05, 0) is 19.4 Å². The molecule has 1 aromatic rings. The molecule has 0 radical (unpaired) electrons. The van der Waals surface area contributed by atoms with Crippen molar-refractivity contribution in [1.29, 1.82) is 0 Å². The van der Waals surface area contributed by atoms with E-state index in [0.29, 0.717) is 0 Å². The lowest BCUT2D eigenvalue weighted by atomic mass is 10.0. The van der Waals surface area contributed by atoms with Crippen molar-refractivity contribution >= 4 is 0 Å². The number of hydrogen-bond acceptors (Lipinski definition) is 3. The van der Waals surface area contributed by atoms with Crippen LogP contribution in [0.25, 0.3) is 0 Å². The molecule has 1 aromatic heterocycles. The number of rotatable bonds is 1. The summed E-state index contributed by atoms with van der Waals surface area (Å²) in [7, 11) is 0. The number of nitrogens with zero attached hydrogens (tertiary/aromatic N) is 1. The van der Waals surface area contributed by atoms with Gasteiger partial charge in [-0.3, -0.25) is 0 Å². The van der Waals surface area contributed by atoms with Crippen molar-refractivity contribution in [2.75, 3.05) is 6.54 Å². The van der Waals surface area contributed by atoms with E-state index in [1.807, 2.05) is 0 Å². The molecule has 0 spiro atoms. The normalized spacial score (nSPS) is 23.0. The molecule has 0 saturated carbocycles. The van der Waals surface area contributed by atoms with Crippen LogP contribution in [0, 0.1) is 0 Å². The Morgan fingerprint density at radius 2 is 2.20 bits per heavy atom. The van der Waals surface area contributed by atoms with E-state index in [1.54, 1.807) is 0 Å². The SMILES string of the molecule is FC(F)(F)c1cc(C2CCCCN2)on1. The minimum atomic E-state index is -4.42. The summed E-state index contributed by atoms with van der Waals surface area (Å²) in [6, 6.07) is 0.852. The standard InChI is InChI=1S/C9H11F3N2O/c10-9(11,12)8-5-7(15-14-8)6-3-1-2-4-13-6/h5-6,13H,1-4H2. The molecule has 1 atom stereocenters. The van der Waals surface area contributed by atoms with Crippen LogP contribution in [0.15, 0.2) is 10.6 Å². The first-order chi connectivity index (χ1) is 7.07. The highest BCUT2D eigenvalue weighted by Gasteiger charge is 2.36. The van der Waals surface area contributed by atoms with Crippen LogP contribution in [0.3, 0.4) is 0 Å². The van der Waals surface area contributed by atoms with Crippen molar-refractivity contribution in [3.63, 3.8) is 0 Å². The van der Waals surface area contributed by atoms with E-state index in [4.69, 9.17) is 4.52 Å². The Morgan fingerprint density at radius 3 is 2.73 bits per heavy atom. The lowest BCUT2D eigenvalue weighted by Gasteiger charge is -2.20. The van der Waals surface area contributed by atoms with Gasteiger partial charge in [0.05, 0.1) is 6.04 Å². The smallest absolute Gasteiger partial charge is 0.359 e. The summed E-state index contributed by atoms with van der Waals surface area (Å²) in [5.74, 6) is 0.280. The molecular weight excluding hydrogens is 209 g/mol. The maximum Gasteiger partial charge on any atom is 0.436 e. The van der Waals surface area contributed by atoms with Gasteiger partial charge in [-0.15, -0.1) is 0 Å². The van der Waals surface area contributed by atoms with Crippen LogP contribution >= 0.6 is 0 Å². The third-order valence-corrected chi connectivity index (χ3v) is 2.47. The lowest BCUT2D eigenvalue weighted by Crippen LogP contribution is -2.26. The predicted molar refractivity (Wildman–Crippen MR) is 46.1 cm³/mol. The van der Waals surface area contributed by atoms with Crippen molar-refractivity contribution in [2.45, 2.75) is 31.5 Å². The second kappa shape index (κ2) is 3.84. The van der Waals surface area contributed by atoms with Crippen molar-refractivity contribution in [3.8, 4) is 0 Å². The second-order valence-corrected chi connectivity index (χ2v) is 3.61. The van der Waals surface area contributed by atoms with Gasteiger partial charge in [-0.2, -0.15) is 13.2 Å². The minimum Gasteiger partial charge on any atom is -0.359 e. The number of hydrogen-bond donors (Lipinski definition) is 1. The van der Waals surface area contributed by atoms with Gasteiger partial charge in [-0.25, -0.2) is 0 Å². The van der Waals surface area contributed by atoms with Crippen LogP contribution in [0.5, 0.6) is 0 Å². The van der Waals surface area contributed by atoms with Gasteiger partial charge in [0.1, 0.15) is 0 Å². The summed E-state index contributed by atoms with van der Waals surface area (Å²) in [6.07, 6.45) is -1.57. The first-order valence-electron chi connectivity index (χ1n) is 4.84. The number of nitrogens with one attached hydrogen (secondary N) is 1. The third-order valence-electron chi connectivity index (χ3n) is 2.47. The summed E-state index contributed by atoms with van der Waals surface area (Å²) in [4.78, 5) is 0. The highest BCUT2D eigenvalue weighted by molar-refractivity contribution is 5.12. The fourth-order valence-corrected chi connectivity index (χ4v) is 1.68. The average Bonchev–Trinajstić information content (AvgIpc) is 2.67. The van der Waals surface area contributed by atoms with E-state index >= 15 is 0 Å². The molecular formula is C9H11F3N2O. The van der Waals surface area contributed by atoms with Crippen molar-refractivity contribution in [3.05, 3.63) is 17.5 Å². The average molecular weight is 220 g/mol. The van der Waals surface area contributed by atoms with Crippen molar-refractivity contribution in [2.24, 2.45) is 0 Å². The van der Waals surface area contributed by atoms with E-state index in [-0.39, 0.29) is 11.8 Å². The van der Waals surface area contributed by atoms with Crippen LogP contribution in [0.2, 0.25) is 0 Å². The monoisotopic (exact) mass is 220 g/mol. The molecule has 0 aromatic carbocycles. The fraction of sp³-hybridized carbons (Fsp3) is 0.667. The van der Waals surface area contributed by atoms with Crippen LogP contribution in [-0.2, 0) is 6.18 Å². The van der Waals surface area contributed by atoms with E-state index in [1.165, 1.54) is 0 Å². The zero-order chi connectivity index (χ0) is 10.9. The van der Waals surface area contributed by atoms with Crippen LogP contribution in [-0.4, -0.2) is 11.7 Å². The molecule has 2 heterocycles. The molecule has 1 unspecified atom stereocenters. The largest absolute Gasteiger partial charge is 0.436 e. The molecule has 84 valence electrons. The Balaban J connectivity index is 2.12. The van der Waals surface area contributed by atoms with Crippen molar-refractivity contribution < 1.29 is 17.7 Å². The lowest BCUT2D eigenvalue weighted by molar-refractivity contribution is -0.142. The summed E-state index contributed by atoms with van der Waals surface area (Å²) in [5.41, 5.74) is -0.954. The van der Waals surface area contributed by atoms with Gasteiger partial charge in [0.2, 0.25) is 0 Å². The molecule has 1 saturated heterocycles. The molecule has 1 N–H and O–H groups in total. The molecule has 3 nitrogen and oxygen atoms in total. The molecule has 6 heteroatoms. The first kappa shape index (κ1) is 10.5. The summed E-state index contributed by atoms with van der Waals surface area (Å²) >= 11 is 0. The van der Waals surface area contributed by atoms with Crippen LogP contribution in [0.1, 0.15) is 36.8 Å². The Bertz CT molecular complexity index is 328. The second-order valence-electron chi connectivity index (χ2n) is 3.61. The molecule has 0 aliphatic carbocycles. The van der Waals surface area contributed by atoms with E-state index < -0.39 is 11.9 Å². The number of piperidine rings is 1. The third kappa shape index (κ3) is 2.31. The molecule has 2 rings (SSSR count). The van der Waals surface area contributed by atoms with Gasteiger partial charge in [-0.1, -0.05) is 11.6 Å². The summed E-state index contributed by atoms with van der Waals surface area (Å²) < 4.78 is 41.4. The molecule has 0 bridgehead atoms. The number of alkyl halides is 3. The topological polar surface area (TPSA) is 38.1 Å². The van der Waals surface area contributed by atoms with Gasteiger partial charge in [0, 0.05) is 6.07 Å². The number of halogens is 3. The molecule has 0 amide bonds. The quantitative estimate of drug-likeness (QED) is 0.790. The van der Waals surface area contributed by atoms with Crippen LogP contribution in [0.4, 0.5) is 13.2 Å². The minimum absolute atomic E-state index is 0.123. The fourth-order valence-electron chi connectivity index (χ4n) is 1.68. The number of aromatic nitrogens is 1. The summed E-state index contributed by atoms with van der Waals surface area (Å²) in [6.45, 7) is 0.812. The van der Waals surface area contributed by atoms with Gasteiger partial charge in [0.25, 0.3) is 0 Å². The molecule has 1 aliphatic heterocycles. The Hall–Kier alpha value is -1.04. The maximum absolute atomic E-state index is 12.2. The Morgan fingerprint density at radius 1 is 1.40 bits per heavy atom. The first-order valence-corrected chi connectivity index (χ1v) is 4.84. The summed E-state index contributed by atoms with van der Waals surface area (Å²) in [5, 5.41) is 6.12. The van der Waals surface area contributed by atoms with E-state index in [0.717, 1.165) is 31.9 Å². The van der Waals surface area contributed by atoms with Gasteiger partial charge >= 0.3 is 6.18 Å². The van der Waals surface area contributed by atoms with E-state index in [9.17, 15) is 13.2 Å². The Labute approximate surface area is 84.6 Å². The van der Waals surface area contributed by atoms with Crippen molar-refractivity contribution in [1.82, 2.24) is 10.5 Å². The highest BCUT2D eigenvalue weighted by atomic mass is 19.4. The molecule has 15 heavy (non-hydrogen) atoms. The maximum atomic E-state index is 12.2. The molecule has 1 fully saturated rings. The van der Waals surface area contributed by atoms with E-state index in [2.05, 4.69) is 10.5 Å². The highest BCUT2D eigenvalue weighted by Crippen LogP contribution is 2.31.